The predicted octanol–water partition coefficient (Wildman–Crippen LogP) is 1.76. The van der Waals surface area contributed by atoms with E-state index in [0.29, 0.717) is 6.54 Å². The number of nitrogens with one attached hydrogen (secondary N) is 1. The average molecular weight is 267 g/mol. The van der Waals surface area contributed by atoms with Gasteiger partial charge in [-0.15, -0.1) is 0 Å². The van der Waals surface area contributed by atoms with Gasteiger partial charge in [0.15, 0.2) is 0 Å². The maximum absolute atomic E-state index is 5.44. The average Bonchev–Trinajstić information content (AvgIpc) is 2.25. The standard InChI is InChI=1S/C10H11BrN4/c11-7-5-9-10(15-6-7)8(1-3-13-9)14-4-2-12/h1,3,5-6H,2,4,12H2,(H,13,14). The second-order valence-electron chi connectivity index (χ2n) is 3.10. The Hall–Kier alpha value is -1.20. The van der Waals surface area contributed by atoms with Crippen LogP contribution in [0.25, 0.3) is 11.0 Å². The Kier molecular flexibility index (Phi) is 3.13. The molecule has 3 N–H and O–H groups in total. The van der Waals surface area contributed by atoms with Crippen LogP contribution in [0.1, 0.15) is 0 Å². The maximum atomic E-state index is 5.44. The van der Waals surface area contributed by atoms with Gasteiger partial charge in [-0.3, -0.25) is 9.97 Å². The quantitative estimate of drug-likeness (QED) is 0.889. The molecule has 2 rings (SSSR count). The van der Waals surface area contributed by atoms with Gasteiger partial charge in [0.05, 0.1) is 11.2 Å². The van der Waals surface area contributed by atoms with Gasteiger partial charge in [0.25, 0.3) is 0 Å². The topological polar surface area (TPSA) is 63.8 Å². The van der Waals surface area contributed by atoms with Crippen molar-refractivity contribution in [1.29, 1.82) is 0 Å². The van der Waals surface area contributed by atoms with Crippen molar-refractivity contribution in [2.45, 2.75) is 0 Å². The first-order valence-corrected chi connectivity index (χ1v) is 5.45. The van der Waals surface area contributed by atoms with E-state index in [0.717, 1.165) is 27.7 Å². The molecule has 0 atom stereocenters. The third-order valence-electron chi connectivity index (χ3n) is 2.00. The lowest BCUT2D eigenvalue weighted by molar-refractivity contribution is 1.02. The number of nitrogens with zero attached hydrogens (tertiary/aromatic N) is 2. The minimum atomic E-state index is 0.598. The number of nitrogens with two attached hydrogens (primary N) is 1. The third kappa shape index (κ3) is 2.24. The van der Waals surface area contributed by atoms with Crippen molar-refractivity contribution in [2.75, 3.05) is 18.4 Å². The summed E-state index contributed by atoms with van der Waals surface area (Å²) >= 11 is 3.37. The van der Waals surface area contributed by atoms with E-state index in [1.165, 1.54) is 0 Å². The van der Waals surface area contributed by atoms with Crippen LogP contribution >= 0.6 is 15.9 Å². The lowest BCUT2D eigenvalue weighted by Crippen LogP contribution is -2.13. The van der Waals surface area contributed by atoms with Gasteiger partial charge >= 0.3 is 0 Å². The Morgan fingerprint density at radius 3 is 3.07 bits per heavy atom. The molecule has 0 saturated heterocycles. The highest BCUT2D eigenvalue weighted by molar-refractivity contribution is 9.10. The van der Waals surface area contributed by atoms with Crippen molar-refractivity contribution in [1.82, 2.24) is 9.97 Å². The number of pyridine rings is 2. The molecular formula is C10H11BrN4. The molecule has 0 saturated carbocycles. The number of halogens is 1. The van der Waals surface area contributed by atoms with Crippen LogP contribution in [0.15, 0.2) is 29.0 Å². The first-order valence-electron chi connectivity index (χ1n) is 4.65. The molecule has 2 aromatic rings. The summed E-state index contributed by atoms with van der Waals surface area (Å²) in [6, 6.07) is 3.84. The lowest BCUT2D eigenvalue weighted by Gasteiger charge is -2.07. The number of aromatic nitrogens is 2. The first-order chi connectivity index (χ1) is 7.31. The van der Waals surface area contributed by atoms with Gasteiger partial charge in [-0.05, 0) is 28.1 Å². The van der Waals surface area contributed by atoms with Crippen LogP contribution in [0.3, 0.4) is 0 Å². The number of rotatable bonds is 3. The summed E-state index contributed by atoms with van der Waals surface area (Å²) in [6.45, 7) is 1.33. The van der Waals surface area contributed by atoms with Crippen molar-refractivity contribution in [3.63, 3.8) is 0 Å². The van der Waals surface area contributed by atoms with Crippen molar-refractivity contribution >= 4 is 32.7 Å². The van der Waals surface area contributed by atoms with Crippen LogP contribution in [-0.4, -0.2) is 23.1 Å². The van der Waals surface area contributed by atoms with Crippen LogP contribution < -0.4 is 11.1 Å². The molecule has 0 bridgehead atoms. The van der Waals surface area contributed by atoms with Gasteiger partial charge in [-0.2, -0.15) is 0 Å². The zero-order valence-electron chi connectivity index (χ0n) is 8.07. The molecule has 0 aromatic carbocycles. The largest absolute Gasteiger partial charge is 0.382 e. The van der Waals surface area contributed by atoms with E-state index in [-0.39, 0.29) is 0 Å². The van der Waals surface area contributed by atoms with Gasteiger partial charge in [-0.25, -0.2) is 0 Å². The van der Waals surface area contributed by atoms with E-state index < -0.39 is 0 Å². The Morgan fingerprint density at radius 2 is 2.27 bits per heavy atom. The van der Waals surface area contributed by atoms with E-state index in [4.69, 9.17) is 5.73 Å². The molecule has 0 aliphatic rings. The minimum Gasteiger partial charge on any atom is -0.382 e. The molecule has 78 valence electrons. The molecule has 0 spiro atoms. The monoisotopic (exact) mass is 266 g/mol. The smallest absolute Gasteiger partial charge is 0.112 e. The Bertz CT molecular complexity index is 472. The van der Waals surface area contributed by atoms with E-state index in [1.54, 1.807) is 12.4 Å². The molecule has 0 aliphatic carbocycles. The molecule has 2 aromatic heterocycles. The fourth-order valence-electron chi connectivity index (χ4n) is 1.36. The van der Waals surface area contributed by atoms with Crippen LogP contribution in [0.5, 0.6) is 0 Å². The van der Waals surface area contributed by atoms with Crippen LogP contribution in [0.2, 0.25) is 0 Å². The molecule has 0 radical (unpaired) electrons. The molecular weight excluding hydrogens is 256 g/mol. The van der Waals surface area contributed by atoms with Crippen molar-refractivity contribution in [2.24, 2.45) is 5.73 Å². The van der Waals surface area contributed by atoms with Gasteiger partial charge in [0.2, 0.25) is 0 Å². The fourth-order valence-corrected chi connectivity index (χ4v) is 1.67. The summed E-state index contributed by atoms with van der Waals surface area (Å²) in [5.41, 5.74) is 8.15. The Balaban J connectivity index is 2.46. The highest BCUT2D eigenvalue weighted by Crippen LogP contribution is 2.21. The minimum absolute atomic E-state index is 0.598. The Labute approximate surface area is 96.0 Å². The van der Waals surface area contributed by atoms with E-state index in [9.17, 15) is 0 Å². The first kappa shape index (κ1) is 10.3. The molecule has 0 unspecified atom stereocenters. The van der Waals surface area contributed by atoms with E-state index in [1.807, 2.05) is 12.1 Å². The molecule has 5 heteroatoms. The number of anilines is 1. The Morgan fingerprint density at radius 1 is 1.40 bits per heavy atom. The fraction of sp³-hybridized carbons (Fsp3) is 0.200. The summed E-state index contributed by atoms with van der Waals surface area (Å²) in [4.78, 5) is 8.57. The van der Waals surface area contributed by atoms with Gasteiger partial charge in [0.1, 0.15) is 5.52 Å². The molecule has 4 nitrogen and oxygen atoms in total. The summed E-state index contributed by atoms with van der Waals surface area (Å²) in [6.07, 6.45) is 3.52. The highest BCUT2D eigenvalue weighted by atomic mass is 79.9. The maximum Gasteiger partial charge on any atom is 0.112 e. The molecule has 0 amide bonds. The number of hydrogen-bond acceptors (Lipinski definition) is 4. The second-order valence-corrected chi connectivity index (χ2v) is 4.01. The number of fused-ring (bicyclic) bond motifs is 1. The summed E-state index contributed by atoms with van der Waals surface area (Å²) in [7, 11) is 0. The molecule has 2 heterocycles. The summed E-state index contributed by atoms with van der Waals surface area (Å²) in [5.74, 6) is 0. The van der Waals surface area contributed by atoms with Crippen molar-refractivity contribution in [3.8, 4) is 0 Å². The summed E-state index contributed by atoms with van der Waals surface area (Å²) in [5, 5.41) is 3.21. The van der Waals surface area contributed by atoms with Gasteiger partial charge in [-0.1, -0.05) is 0 Å². The summed E-state index contributed by atoms with van der Waals surface area (Å²) < 4.78 is 0.929. The van der Waals surface area contributed by atoms with Gasteiger partial charge in [0, 0.05) is 30.0 Å². The van der Waals surface area contributed by atoms with Gasteiger partial charge < -0.3 is 11.1 Å². The zero-order chi connectivity index (χ0) is 10.7. The third-order valence-corrected chi connectivity index (χ3v) is 2.44. The SMILES string of the molecule is NCCNc1ccnc2cc(Br)cnc12. The van der Waals surface area contributed by atoms with Crippen LogP contribution in [0.4, 0.5) is 5.69 Å². The van der Waals surface area contributed by atoms with Crippen molar-refractivity contribution in [3.05, 3.63) is 29.0 Å². The molecule has 15 heavy (non-hydrogen) atoms. The highest BCUT2D eigenvalue weighted by Gasteiger charge is 2.02. The van der Waals surface area contributed by atoms with Crippen LogP contribution in [-0.2, 0) is 0 Å². The van der Waals surface area contributed by atoms with Crippen LogP contribution in [0, 0.1) is 0 Å². The van der Waals surface area contributed by atoms with Crippen molar-refractivity contribution < 1.29 is 0 Å². The second kappa shape index (κ2) is 4.55. The zero-order valence-corrected chi connectivity index (χ0v) is 9.66. The normalized spacial score (nSPS) is 10.5. The predicted molar refractivity (Wildman–Crippen MR) is 64.8 cm³/mol. The lowest BCUT2D eigenvalue weighted by atomic mass is 10.3. The van der Waals surface area contributed by atoms with E-state index in [2.05, 4.69) is 31.2 Å². The molecule has 0 fully saturated rings. The van der Waals surface area contributed by atoms with E-state index >= 15 is 0 Å². The number of hydrogen-bond donors (Lipinski definition) is 2. The molecule has 0 aliphatic heterocycles.